The fourth-order valence-corrected chi connectivity index (χ4v) is 4.05. The van der Waals surface area contributed by atoms with E-state index in [1.807, 2.05) is 6.92 Å². The van der Waals surface area contributed by atoms with Gasteiger partial charge in [0.1, 0.15) is 48.8 Å². The summed E-state index contributed by atoms with van der Waals surface area (Å²) in [6.07, 6.45) is -10.1. The fourth-order valence-electron chi connectivity index (χ4n) is 4.05. The van der Waals surface area contributed by atoms with Gasteiger partial charge < -0.3 is 54.7 Å². The Morgan fingerprint density at radius 3 is 1.91 bits per heavy atom. The Morgan fingerprint density at radius 1 is 0.727 bits per heavy atom. The van der Waals surface area contributed by atoms with E-state index < -0.39 is 74.6 Å². The third-order valence-electron chi connectivity index (χ3n) is 6.60. The highest BCUT2D eigenvalue weighted by atomic mass is 16.7. The van der Waals surface area contributed by atoms with Crippen LogP contribution in [-0.4, -0.2) is 117 Å². The molecule has 2 aliphatic heterocycles. The van der Waals surface area contributed by atoms with E-state index >= 15 is 0 Å². The van der Waals surface area contributed by atoms with Crippen molar-refractivity contribution in [3.63, 3.8) is 0 Å². The molecule has 2 heterocycles. The van der Waals surface area contributed by atoms with Gasteiger partial charge in [-0.15, -0.1) is 0 Å². The van der Waals surface area contributed by atoms with Crippen molar-refractivity contribution in [3.8, 4) is 0 Å². The summed E-state index contributed by atoms with van der Waals surface area (Å²) in [5, 5.41) is 70.2. The first-order valence-corrected chi connectivity index (χ1v) is 11.8. The Morgan fingerprint density at radius 2 is 1.30 bits per heavy atom. The highest BCUT2D eigenvalue weighted by Gasteiger charge is 2.50. The summed E-state index contributed by atoms with van der Waals surface area (Å²) in [7, 11) is 0. The molecule has 2 rings (SSSR count). The van der Waals surface area contributed by atoms with Crippen LogP contribution < -0.4 is 0 Å². The first kappa shape index (κ1) is 28.8. The zero-order valence-corrected chi connectivity index (χ0v) is 19.6. The molecule has 2 fully saturated rings. The smallest absolute Gasteiger partial charge is 0.187 e. The van der Waals surface area contributed by atoms with Crippen LogP contribution in [0.1, 0.15) is 46.5 Å². The Labute approximate surface area is 194 Å². The Kier molecular flexibility index (Phi) is 11.9. The van der Waals surface area contributed by atoms with Gasteiger partial charge in [-0.25, -0.2) is 0 Å². The van der Waals surface area contributed by atoms with Crippen molar-refractivity contribution in [1.82, 2.24) is 0 Å². The molecule has 0 saturated carbocycles. The van der Waals surface area contributed by atoms with E-state index in [0.29, 0.717) is 12.5 Å². The maximum Gasteiger partial charge on any atom is 0.187 e. The van der Waals surface area contributed by atoms with E-state index in [2.05, 4.69) is 13.8 Å². The predicted octanol–water partition coefficient (Wildman–Crippen LogP) is -1.52. The van der Waals surface area contributed by atoms with Gasteiger partial charge in [-0.1, -0.05) is 40.0 Å². The van der Waals surface area contributed by atoms with Crippen LogP contribution in [-0.2, 0) is 18.9 Å². The minimum absolute atomic E-state index is 0.206. The first-order valence-electron chi connectivity index (χ1n) is 11.8. The lowest BCUT2D eigenvalue weighted by atomic mass is 9.96. The topological polar surface area (TPSA) is 179 Å². The van der Waals surface area contributed by atoms with Crippen molar-refractivity contribution in [3.05, 3.63) is 0 Å². The largest absolute Gasteiger partial charge is 0.394 e. The molecular formula is C22H42O11. The number of hydrogen-bond acceptors (Lipinski definition) is 11. The Balaban J connectivity index is 1.92. The minimum Gasteiger partial charge on any atom is -0.394 e. The molecule has 0 spiro atoms. The molecule has 7 N–H and O–H groups in total. The average Bonchev–Trinajstić information content (AvgIpc) is 2.81. The summed E-state index contributed by atoms with van der Waals surface area (Å²) in [5.74, 6) is 0.875. The minimum atomic E-state index is -1.70. The van der Waals surface area contributed by atoms with Gasteiger partial charge in [0.15, 0.2) is 12.6 Å². The lowest BCUT2D eigenvalue weighted by molar-refractivity contribution is -0.360. The van der Waals surface area contributed by atoms with Crippen molar-refractivity contribution < 1.29 is 54.7 Å². The quantitative estimate of drug-likeness (QED) is 0.172. The number of rotatable bonds is 12. The molecule has 2 aliphatic rings. The van der Waals surface area contributed by atoms with Gasteiger partial charge in [0.05, 0.1) is 19.8 Å². The third kappa shape index (κ3) is 7.52. The average molecular weight is 483 g/mol. The van der Waals surface area contributed by atoms with Gasteiger partial charge in [-0.3, -0.25) is 0 Å². The van der Waals surface area contributed by atoms with Gasteiger partial charge in [-0.2, -0.15) is 0 Å². The predicted molar refractivity (Wildman–Crippen MR) is 115 cm³/mol. The molecule has 2 saturated heterocycles. The van der Waals surface area contributed by atoms with Gasteiger partial charge >= 0.3 is 0 Å². The summed E-state index contributed by atoms with van der Waals surface area (Å²) < 4.78 is 22.1. The van der Waals surface area contributed by atoms with E-state index in [4.69, 9.17) is 18.9 Å². The summed E-state index contributed by atoms with van der Waals surface area (Å²) in [4.78, 5) is 0. The SMILES string of the molecule is CCC(C)CCCC(C)COC1OC(CO)C(OC2OC(CO)C(O)C(O)C2O)C(O)C1O. The van der Waals surface area contributed by atoms with Crippen LogP contribution in [0.4, 0.5) is 0 Å². The summed E-state index contributed by atoms with van der Waals surface area (Å²) in [6, 6.07) is 0. The maximum absolute atomic E-state index is 10.6. The van der Waals surface area contributed by atoms with Crippen LogP contribution in [0.3, 0.4) is 0 Å². The molecule has 12 atom stereocenters. The zero-order chi connectivity index (χ0) is 24.7. The van der Waals surface area contributed by atoms with Crippen LogP contribution in [0.5, 0.6) is 0 Å². The van der Waals surface area contributed by atoms with E-state index in [1.54, 1.807) is 0 Å². The van der Waals surface area contributed by atoms with Gasteiger partial charge in [0.25, 0.3) is 0 Å². The molecule has 0 aromatic carbocycles. The lowest BCUT2D eigenvalue weighted by Crippen LogP contribution is -2.64. The molecule has 0 aliphatic carbocycles. The molecule has 0 aromatic rings. The summed E-state index contributed by atoms with van der Waals surface area (Å²) in [5.41, 5.74) is 0. The second-order valence-electron chi connectivity index (χ2n) is 9.39. The molecule has 0 bridgehead atoms. The summed E-state index contributed by atoms with van der Waals surface area (Å²) >= 11 is 0. The van der Waals surface area contributed by atoms with Crippen molar-refractivity contribution >= 4 is 0 Å². The molecule has 33 heavy (non-hydrogen) atoms. The highest BCUT2D eigenvalue weighted by molar-refractivity contribution is 4.94. The van der Waals surface area contributed by atoms with Crippen LogP contribution in [0, 0.1) is 11.8 Å². The van der Waals surface area contributed by atoms with Crippen LogP contribution >= 0.6 is 0 Å². The number of ether oxygens (including phenoxy) is 4. The maximum atomic E-state index is 10.6. The van der Waals surface area contributed by atoms with Crippen LogP contribution in [0.15, 0.2) is 0 Å². The van der Waals surface area contributed by atoms with E-state index in [1.165, 1.54) is 0 Å². The van der Waals surface area contributed by atoms with Crippen molar-refractivity contribution in [2.75, 3.05) is 19.8 Å². The van der Waals surface area contributed by atoms with E-state index in [9.17, 15) is 35.7 Å². The van der Waals surface area contributed by atoms with Gasteiger partial charge in [0, 0.05) is 0 Å². The van der Waals surface area contributed by atoms with Gasteiger partial charge in [-0.05, 0) is 18.3 Å². The molecule has 196 valence electrons. The number of hydrogen-bond donors (Lipinski definition) is 7. The Bertz CT molecular complexity index is 548. The number of aliphatic hydroxyl groups excluding tert-OH is 7. The molecule has 0 radical (unpaired) electrons. The van der Waals surface area contributed by atoms with Crippen molar-refractivity contribution in [1.29, 1.82) is 0 Å². The molecule has 12 unspecified atom stereocenters. The van der Waals surface area contributed by atoms with Gasteiger partial charge in [0.2, 0.25) is 0 Å². The number of aliphatic hydroxyl groups is 7. The lowest BCUT2D eigenvalue weighted by Gasteiger charge is -2.46. The zero-order valence-electron chi connectivity index (χ0n) is 19.6. The monoisotopic (exact) mass is 482 g/mol. The van der Waals surface area contributed by atoms with Crippen molar-refractivity contribution in [2.24, 2.45) is 11.8 Å². The standard InChI is InChI=1S/C22H42O11/c1-4-11(2)6-5-7-12(3)10-30-21-19(29)17(27)20(14(9-24)32-21)33-22-18(28)16(26)15(25)13(8-23)31-22/h11-29H,4-10H2,1-3H3. The molecular weight excluding hydrogens is 440 g/mol. The van der Waals surface area contributed by atoms with Crippen LogP contribution in [0.2, 0.25) is 0 Å². The second-order valence-corrected chi connectivity index (χ2v) is 9.39. The second kappa shape index (κ2) is 13.6. The van der Waals surface area contributed by atoms with E-state index in [0.717, 1.165) is 25.7 Å². The third-order valence-corrected chi connectivity index (χ3v) is 6.60. The highest BCUT2D eigenvalue weighted by Crippen LogP contribution is 2.30. The molecule has 0 aromatic heterocycles. The fraction of sp³-hybridized carbons (Fsp3) is 1.00. The molecule has 0 amide bonds. The molecule has 11 heteroatoms. The summed E-state index contributed by atoms with van der Waals surface area (Å²) in [6.45, 7) is 5.47. The first-order chi connectivity index (χ1) is 15.6. The normalized spacial score (nSPS) is 41.6. The Hall–Kier alpha value is -0.440. The van der Waals surface area contributed by atoms with E-state index in [-0.39, 0.29) is 5.92 Å². The molecule has 11 nitrogen and oxygen atoms in total. The van der Waals surface area contributed by atoms with Crippen LogP contribution in [0.25, 0.3) is 0 Å². The van der Waals surface area contributed by atoms with Crippen molar-refractivity contribution in [2.45, 2.75) is 108 Å².